The molecule has 0 aliphatic carbocycles. The van der Waals surface area contributed by atoms with Gasteiger partial charge < -0.3 is 24.7 Å². The van der Waals surface area contributed by atoms with E-state index < -0.39 is 0 Å². The first-order valence-corrected chi connectivity index (χ1v) is 10.9. The van der Waals surface area contributed by atoms with Crippen LogP contribution in [0.2, 0.25) is 5.02 Å². The van der Waals surface area contributed by atoms with Crippen LogP contribution in [0.15, 0.2) is 73.3 Å². The Labute approximate surface area is 202 Å². The van der Waals surface area contributed by atoms with Gasteiger partial charge in [-0.25, -0.2) is 4.98 Å². The molecule has 2 aromatic carbocycles. The van der Waals surface area contributed by atoms with Crippen LogP contribution < -0.4 is 20.1 Å². The quantitative estimate of drug-likeness (QED) is 0.340. The van der Waals surface area contributed by atoms with E-state index in [0.717, 1.165) is 22.6 Å². The molecular weight excluding hydrogens is 458 g/mol. The molecule has 2 N–H and O–H groups in total. The first-order valence-electron chi connectivity index (χ1n) is 10.1. The summed E-state index contributed by atoms with van der Waals surface area (Å²) in [5, 5.41) is 7.21. The summed E-state index contributed by atoms with van der Waals surface area (Å²) in [5.41, 5.74) is 3.61. The molecule has 7 nitrogen and oxygen atoms in total. The number of anilines is 2. The second-order valence-electron chi connectivity index (χ2n) is 7.08. The summed E-state index contributed by atoms with van der Waals surface area (Å²) in [6, 6.07) is 15.3. The van der Waals surface area contributed by atoms with E-state index in [1.165, 1.54) is 0 Å². The average Bonchev–Trinajstić information content (AvgIpc) is 3.28. The van der Waals surface area contributed by atoms with Gasteiger partial charge in [-0.15, -0.1) is 0 Å². The lowest BCUT2D eigenvalue weighted by atomic mass is 10.2. The van der Waals surface area contributed by atoms with E-state index in [2.05, 4.69) is 31.2 Å². The van der Waals surface area contributed by atoms with Crippen molar-refractivity contribution in [1.82, 2.24) is 14.5 Å². The molecule has 33 heavy (non-hydrogen) atoms. The van der Waals surface area contributed by atoms with Crippen molar-refractivity contribution in [3.63, 3.8) is 0 Å². The molecule has 0 unspecified atom stereocenters. The number of pyridine rings is 1. The Morgan fingerprint density at radius 3 is 2.55 bits per heavy atom. The molecule has 2 aromatic heterocycles. The SMILES string of the molecule is COc1cc(OC)c(NC(=S)Nc2cccc(Cn3ccnc3-c3ccncc3)c2)cc1Cl. The highest BCUT2D eigenvalue weighted by Gasteiger charge is 2.12. The second-order valence-corrected chi connectivity index (χ2v) is 7.90. The number of methoxy groups -OCH3 is 2. The van der Waals surface area contributed by atoms with Crippen molar-refractivity contribution in [1.29, 1.82) is 0 Å². The number of imidazole rings is 1. The molecule has 0 aliphatic rings. The van der Waals surface area contributed by atoms with E-state index in [9.17, 15) is 0 Å². The van der Waals surface area contributed by atoms with Crippen molar-refractivity contribution in [2.45, 2.75) is 6.54 Å². The van der Waals surface area contributed by atoms with Crippen molar-refractivity contribution >= 4 is 40.3 Å². The summed E-state index contributed by atoms with van der Waals surface area (Å²) >= 11 is 11.8. The van der Waals surface area contributed by atoms with Crippen LogP contribution in [0, 0.1) is 0 Å². The molecule has 2 heterocycles. The van der Waals surface area contributed by atoms with E-state index in [4.69, 9.17) is 33.3 Å². The molecule has 0 atom stereocenters. The lowest BCUT2D eigenvalue weighted by Gasteiger charge is -2.16. The molecular formula is C24H22ClN5O2S. The Bertz CT molecular complexity index is 1260. The van der Waals surface area contributed by atoms with Gasteiger partial charge in [-0.1, -0.05) is 23.7 Å². The zero-order chi connectivity index (χ0) is 23.2. The van der Waals surface area contributed by atoms with Crippen LogP contribution in [0.3, 0.4) is 0 Å². The number of aromatic nitrogens is 3. The number of hydrogen-bond donors (Lipinski definition) is 2. The lowest BCUT2D eigenvalue weighted by molar-refractivity contribution is 0.396. The van der Waals surface area contributed by atoms with Crippen molar-refractivity contribution in [3.05, 3.63) is 83.9 Å². The van der Waals surface area contributed by atoms with Crippen LogP contribution in [0.25, 0.3) is 11.4 Å². The molecule has 0 radical (unpaired) electrons. The van der Waals surface area contributed by atoms with E-state index in [0.29, 0.717) is 33.9 Å². The predicted octanol–water partition coefficient (Wildman–Crippen LogP) is 5.47. The van der Waals surface area contributed by atoms with Crippen LogP contribution in [-0.4, -0.2) is 33.9 Å². The first kappa shape index (κ1) is 22.6. The topological polar surface area (TPSA) is 73.2 Å². The van der Waals surface area contributed by atoms with Gasteiger partial charge in [-0.2, -0.15) is 0 Å². The van der Waals surface area contributed by atoms with Gasteiger partial charge in [-0.05, 0) is 48.1 Å². The average molecular weight is 480 g/mol. The second kappa shape index (κ2) is 10.3. The minimum absolute atomic E-state index is 0.409. The normalized spacial score (nSPS) is 10.5. The highest BCUT2D eigenvalue weighted by Crippen LogP contribution is 2.36. The Morgan fingerprint density at radius 2 is 1.79 bits per heavy atom. The van der Waals surface area contributed by atoms with Gasteiger partial charge in [0.1, 0.15) is 17.3 Å². The van der Waals surface area contributed by atoms with Gasteiger partial charge in [0.25, 0.3) is 0 Å². The Hall–Kier alpha value is -3.62. The fourth-order valence-electron chi connectivity index (χ4n) is 3.38. The summed E-state index contributed by atoms with van der Waals surface area (Å²) in [5.74, 6) is 1.98. The van der Waals surface area contributed by atoms with Gasteiger partial charge in [-0.3, -0.25) is 4.98 Å². The highest BCUT2D eigenvalue weighted by atomic mass is 35.5. The largest absolute Gasteiger partial charge is 0.495 e. The Balaban J connectivity index is 1.47. The summed E-state index contributed by atoms with van der Waals surface area (Å²) in [6.07, 6.45) is 7.28. The van der Waals surface area contributed by atoms with Crippen LogP contribution in [0.4, 0.5) is 11.4 Å². The number of ether oxygens (including phenoxy) is 2. The third kappa shape index (κ3) is 5.42. The summed E-state index contributed by atoms with van der Waals surface area (Å²) in [4.78, 5) is 8.57. The number of nitrogens with zero attached hydrogens (tertiary/aromatic N) is 3. The molecule has 0 bridgehead atoms. The van der Waals surface area contributed by atoms with E-state index in [1.807, 2.05) is 36.5 Å². The van der Waals surface area contributed by atoms with Gasteiger partial charge in [0, 0.05) is 48.6 Å². The van der Waals surface area contributed by atoms with E-state index >= 15 is 0 Å². The molecule has 0 spiro atoms. The highest BCUT2D eigenvalue weighted by molar-refractivity contribution is 7.80. The molecule has 0 amide bonds. The van der Waals surface area contributed by atoms with Crippen LogP contribution >= 0.6 is 23.8 Å². The molecule has 168 valence electrons. The number of benzene rings is 2. The van der Waals surface area contributed by atoms with Gasteiger partial charge in [0.05, 0.1) is 24.9 Å². The van der Waals surface area contributed by atoms with Gasteiger partial charge >= 0.3 is 0 Å². The number of nitrogens with one attached hydrogen (secondary N) is 2. The third-order valence-electron chi connectivity index (χ3n) is 4.91. The molecule has 4 rings (SSSR count). The summed E-state index contributed by atoms with van der Waals surface area (Å²) in [6.45, 7) is 0.662. The standard InChI is InChI=1S/C24H22ClN5O2S/c1-31-21-14-22(32-2)20(13-19(21)25)29-24(33)28-18-5-3-4-16(12-18)15-30-11-10-27-23(30)17-6-8-26-9-7-17/h3-14H,15H2,1-2H3,(H2,28,29,33). The van der Waals surface area contributed by atoms with E-state index in [1.54, 1.807) is 44.9 Å². The summed E-state index contributed by atoms with van der Waals surface area (Å²) in [7, 11) is 3.13. The van der Waals surface area contributed by atoms with Crippen molar-refractivity contribution in [2.24, 2.45) is 0 Å². The zero-order valence-corrected chi connectivity index (χ0v) is 19.7. The monoisotopic (exact) mass is 479 g/mol. The minimum Gasteiger partial charge on any atom is -0.495 e. The van der Waals surface area contributed by atoms with Crippen LogP contribution in [0.5, 0.6) is 11.5 Å². The maximum Gasteiger partial charge on any atom is 0.175 e. The van der Waals surface area contributed by atoms with Gasteiger partial charge in [0.2, 0.25) is 0 Å². The van der Waals surface area contributed by atoms with Crippen LogP contribution in [0.1, 0.15) is 5.56 Å². The van der Waals surface area contributed by atoms with Crippen molar-refractivity contribution < 1.29 is 9.47 Å². The van der Waals surface area contributed by atoms with Gasteiger partial charge in [0.15, 0.2) is 5.11 Å². The fourth-order valence-corrected chi connectivity index (χ4v) is 3.85. The molecule has 4 aromatic rings. The molecule has 0 saturated heterocycles. The maximum absolute atomic E-state index is 6.25. The molecule has 0 fully saturated rings. The minimum atomic E-state index is 0.409. The van der Waals surface area contributed by atoms with Crippen molar-refractivity contribution in [3.8, 4) is 22.9 Å². The zero-order valence-electron chi connectivity index (χ0n) is 18.1. The van der Waals surface area contributed by atoms with Crippen molar-refractivity contribution in [2.75, 3.05) is 24.9 Å². The van der Waals surface area contributed by atoms with E-state index in [-0.39, 0.29) is 0 Å². The predicted molar refractivity (Wildman–Crippen MR) is 135 cm³/mol. The number of thiocarbonyl (C=S) groups is 1. The van der Waals surface area contributed by atoms with Crippen LogP contribution in [-0.2, 0) is 6.54 Å². The first-order chi connectivity index (χ1) is 16.1. The smallest absolute Gasteiger partial charge is 0.175 e. The number of halogens is 1. The maximum atomic E-state index is 6.25. The fraction of sp³-hybridized carbons (Fsp3) is 0.125. The molecule has 0 saturated carbocycles. The number of hydrogen-bond acceptors (Lipinski definition) is 5. The molecule has 9 heteroatoms. The third-order valence-corrected chi connectivity index (χ3v) is 5.41. The lowest BCUT2D eigenvalue weighted by Crippen LogP contribution is -2.19. The molecule has 0 aliphatic heterocycles. The number of rotatable bonds is 7. The Kier molecular flexibility index (Phi) is 7.07. The Morgan fingerprint density at radius 1 is 1.00 bits per heavy atom. The summed E-state index contributed by atoms with van der Waals surface area (Å²) < 4.78 is 12.7.